The van der Waals surface area contributed by atoms with Crippen molar-refractivity contribution in [1.82, 2.24) is 0 Å². The van der Waals surface area contributed by atoms with Gasteiger partial charge in [0.15, 0.2) is 0 Å². The van der Waals surface area contributed by atoms with Crippen molar-refractivity contribution < 1.29 is 0 Å². The maximum atomic E-state index is 6.00. The third kappa shape index (κ3) is 4.56. The molecule has 3 aromatic rings. The minimum atomic E-state index is -0.267. The zero-order valence-corrected chi connectivity index (χ0v) is 19.7. The third-order valence-electron chi connectivity index (χ3n) is 6.63. The van der Waals surface area contributed by atoms with E-state index in [-0.39, 0.29) is 5.41 Å². The zero-order valence-electron chi connectivity index (χ0n) is 19.7. The van der Waals surface area contributed by atoms with Gasteiger partial charge in [-0.25, -0.2) is 0 Å². The first kappa shape index (κ1) is 22.7. The Kier molecular flexibility index (Phi) is 7.27. The average Bonchev–Trinajstić information content (AvgIpc) is 2.81. The second-order valence-corrected chi connectivity index (χ2v) is 8.19. The van der Waals surface area contributed by atoms with Gasteiger partial charge in [0.2, 0.25) is 0 Å². The van der Waals surface area contributed by atoms with Gasteiger partial charge in [-0.1, -0.05) is 36.4 Å². The molecule has 2 N–H and O–H groups in total. The summed E-state index contributed by atoms with van der Waals surface area (Å²) in [5.74, 6) is 0. The number of rotatable bonds is 9. The van der Waals surface area contributed by atoms with Crippen molar-refractivity contribution in [2.24, 2.45) is 0 Å². The van der Waals surface area contributed by atoms with Gasteiger partial charge in [0.1, 0.15) is 0 Å². The highest BCUT2D eigenvalue weighted by Gasteiger charge is 2.31. The molecule has 0 aromatic heterocycles. The van der Waals surface area contributed by atoms with Crippen LogP contribution in [0, 0.1) is 0 Å². The van der Waals surface area contributed by atoms with Crippen LogP contribution in [0.2, 0.25) is 0 Å². The molecule has 0 amide bonds. The van der Waals surface area contributed by atoms with Crippen molar-refractivity contribution in [2.75, 3.05) is 41.7 Å². The standard InChI is InChI=1S/C28H37N3/c1-6-30(7-2)26-18-12-23(13-19-26)28(5,22-10-16-25(29)17-11-22)24-14-20-27(21-15-24)31(8-3)9-4/h10-21H,6-9,29H2,1-5H3. The van der Waals surface area contributed by atoms with Crippen LogP contribution >= 0.6 is 0 Å². The fourth-order valence-corrected chi connectivity index (χ4v) is 4.51. The summed E-state index contributed by atoms with van der Waals surface area (Å²) in [6, 6.07) is 26.5. The summed E-state index contributed by atoms with van der Waals surface area (Å²) in [6.07, 6.45) is 0. The zero-order chi connectivity index (χ0) is 22.4. The fraction of sp³-hybridized carbons (Fsp3) is 0.357. The molecule has 3 nitrogen and oxygen atoms in total. The van der Waals surface area contributed by atoms with Gasteiger partial charge in [0.25, 0.3) is 0 Å². The van der Waals surface area contributed by atoms with Gasteiger partial charge in [-0.3, -0.25) is 0 Å². The van der Waals surface area contributed by atoms with E-state index < -0.39 is 0 Å². The summed E-state index contributed by atoms with van der Waals surface area (Å²) in [6.45, 7) is 15.2. The van der Waals surface area contributed by atoms with E-state index in [0.717, 1.165) is 31.9 Å². The number of nitrogen functional groups attached to an aromatic ring is 1. The highest BCUT2D eigenvalue weighted by atomic mass is 15.1. The first-order chi connectivity index (χ1) is 15.0. The molecule has 0 saturated carbocycles. The van der Waals surface area contributed by atoms with Gasteiger partial charge in [0.05, 0.1) is 0 Å². The lowest BCUT2D eigenvalue weighted by molar-refractivity contribution is 0.692. The number of nitrogens with two attached hydrogens (primary N) is 1. The van der Waals surface area contributed by atoms with Crippen LogP contribution in [0.5, 0.6) is 0 Å². The second kappa shape index (κ2) is 9.91. The van der Waals surface area contributed by atoms with Crippen molar-refractivity contribution in [2.45, 2.75) is 40.0 Å². The van der Waals surface area contributed by atoms with E-state index in [2.05, 4.69) is 105 Å². The molecule has 0 unspecified atom stereocenters. The molecule has 0 aliphatic carbocycles. The molecule has 0 spiro atoms. The van der Waals surface area contributed by atoms with E-state index in [4.69, 9.17) is 5.73 Å². The lowest BCUT2D eigenvalue weighted by atomic mass is 9.71. The molecule has 3 heteroatoms. The minimum absolute atomic E-state index is 0.267. The monoisotopic (exact) mass is 415 g/mol. The lowest BCUT2D eigenvalue weighted by Crippen LogP contribution is -2.27. The Bertz CT molecular complexity index is 880. The Morgan fingerprint density at radius 3 is 1.13 bits per heavy atom. The Morgan fingerprint density at radius 2 is 0.839 bits per heavy atom. The van der Waals surface area contributed by atoms with Crippen molar-refractivity contribution in [3.63, 3.8) is 0 Å². The molecular formula is C28H37N3. The molecule has 3 rings (SSSR count). The largest absolute Gasteiger partial charge is 0.399 e. The van der Waals surface area contributed by atoms with E-state index in [0.29, 0.717) is 0 Å². The Balaban J connectivity index is 2.09. The molecule has 0 fully saturated rings. The molecule has 0 heterocycles. The smallest absolute Gasteiger partial charge is 0.0423 e. The molecule has 3 aromatic carbocycles. The highest BCUT2D eigenvalue weighted by Crippen LogP contribution is 2.40. The van der Waals surface area contributed by atoms with Crippen LogP contribution in [0.15, 0.2) is 72.8 Å². The van der Waals surface area contributed by atoms with Crippen LogP contribution in [0.25, 0.3) is 0 Å². The number of hydrogen-bond acceptors (Lipinski definition) is 3. The summed E-state index contributed by atoms with van der Waals surface area (Å²) in [7, 11) is 0. The van der Waals surface area contributed by atoms with Gasteiger partial charge in [-0.15, -0.1) is 0 Å². The maximum absolute atomic E-state index is 6.00. The van der Waals surface area contributed by atoms with Crippen molar-refractivity contribution in [3.05, 3.63) is 89.5 Å². The summed E-state index contributed by atoms with van der Waals surface area (Å²) < 4.78 is 0. The predicted octanol–water partition coefficient (Wildman–Crippen LogP) is 6.32. The third-order valence-corrected chi connectivity index (χ3v) is 6.63. The van der Waals surface area contributed by atoms with E-state index in [1.807, 2.05) is 12.1 Å². The first-order valence-electron chi connectivity index (χ1n) is 11.5. The summed E-state index contributed by atoms with van der Waals surface area (Å²) >= 11 is 0. The number of anilines is 3. The fourth-order valence-electron chi connectivity index (χ4n) is 4.51. The van der Waals surface area contributed by atoms with Crippen LogP contribution in [0.1, 0.15) is 51.3 Å². The molecule has 31 heavy (non-hydrogen) atoms. The number of hydrogen-bond donors (Lipinski definition) is 1. The minimum Gasteiger partial charge on any atom is -0.399 e. The summed E-state index contributed by atoms with van der Waals surface area (Å²) in [5.41, 5.74) is 12.9. The molecule has 0 radical (unpaired) electrons. The number of nitrogens with zero attached hydrogens (tertiary/aromatic N) is 2. The predicted molar refractivity (Wildman–Crippen MR) is 136 cm³/mol. The van der Waals surface area contributed by atoms with Gasteiger partial charge in [0, 0.05) is 48.7 Å². The molecule has 0 bridgehead atoms. The van der Waals surface area contributed by atoms with Gasteiger partial charge < -0.3 is 15.5 Å². The Labute approximate surface area is 188 Å². The van der Waals surface area contributed by atoms with E-state index in [9.17, 15) is 0 Å². The average molecular weight is 416 g/mol. The SMILES string of the molecule is CCN(CC)c1ccc(C(C)(c2ccc(N)cc2)c2ccc(N(CC)CC)cc2)cc1. The van der Waals surface area contributed by atoms with Crippen LogP contribution < -0.4 is 15.5 Å². The maximum Gasteiger partial charge on any atom is 0.0423 e. The molecular weight excluding hydrogens is 378 g/mol. The van der Waals surface area contributed by atoms with Crippen LogP contribution in [-0.4, -0.2) is 26.2 Å². The van der Waals surface area contributed by atoms with Crippen molar-refractivity contribution in [3.8, 4) is 0 Å². The molecule has 0 aliphatic rings. The molecule has 0 atom stereocenters. The van der Waals surface area contributed by atoms with Crippen molar-refractivity contribution in [1.29, 1.82) is 0 Å². The molecule has 0 aliphatic heterocycles. The number of benzene rings is 3. The first-order valence-corrected chi connectivity index (χ1v) is 11.5. The van der Waals surface area contributed by atoms with Gasteiger partial charge in [-0.2, -0.15) is 0 Å². The van der Waals surface area contributed by atoms with E-state index in [1.165, 1.54) is 28.1 Å². The summed E-state index contributed by atoms with van der Waals surface area (Å²) in [5, 5.41) is 0. The highest BCUT2D eigenvalue weighted by molar-refractivity contribution is 5.58. The Hall–Kier alpha value is -2.94. The van der Waals surface area contributed by atoms with Crippen LogP contribution in [0.4, 0.5) is 17.1 Å². The quantitative estimate of drug-likeness (QED) is 0.328. The van der Waals surface area contributed by atoms with Gasteiger partial charge in [-0.05, 0) is 87.7 Å². The van der Waals surface area contributed by atoms with Crippen molar-refractivity contribution >= 4 is 17.1 Å². The summed E-state index contributed by atoms with van der Waals surface area (Å²) in [4.78, 5) is 4.76. The van der Waals surface area contributed by atoms with Gasteiger partial charge >= 0.3 is 0 Å². The Morgan fingerprint density at radius 1 is 0.548 bits per heavy atom. The van der Waals surface area contributed by atoms with Crippen LogP contribution in [-0.2, 0) is 5.41 Å². The molecule has 0 saturated heterocycles. The van der Waals surface area contributed by atoms with Crippen LogP contribution in [0.3, 0.4) is 0 Å². The van der Waals surface area contributed by atoms with E-state index in [1.54, 1.807) is 0 Å². The topological polar surface area (TPSA) is 32.5 Å². The lowest BCUT2D eigenvalue weighted by Gasteiger charge is -2.33. The molecule has 164 valence electrons. The normalized spacial score (nSPS) is 11.4. The second-order valence-electron chi connectivity index (χ2n) is 8.19. The van der Waals surface area contributed by atoms with E-state index >= 15 is 0 Å².